The van der Waals surface area contributed by atoms with Crippen molar-refractivity contribution in [3.05, 3.63) is 65.2 Å². The van der Waals surface area contributed by atoms with Crippen LogP contribution in [0.2, 0.25) is 0 Å². The zero-order valence-electron chi connectivity index (χ0n) is 18.0. The molecule has 3 nitrogen and oxygen atoms in total. The molecule has 0 aliphatic carbocycles. The molecule has 0 N–H and O–H groups in total. The van der Waals surface area contributed by atoms with Gasteiger partial charge in [0.05, 0.1) is 5.56 Å². The van der Waals surface area contributed by atoms with E-state index in [0.29, 0.717) is 23.7 Å². The van der Waals surface area contributed by atoms with Crippen LogP contribution >= 0.6 is 0 Å². The van der Waals surface area contributed by atoms with Gasteiger partial charge in [-0.2, -0.15) is 13.2 Å². The molecule has 0 amide bonds. The fourth-order valence-electron chi connectivity index (χ4n) is 3.68. The van der Waals surface area contributed by atoms with Crippen LogP contribution in [0.25, 0.3) is 0 Å². The molecule has 6 heteroatoms. The van der Waals surface area contributed by atoms with Gasteiger partial charge in [-0.25, -0.2) is 0 Å². The molecule has 0 spiro atoms. The molecule has 1 unspecified atom stereocenters. The quantitative estimate of drug-likeness (QED) is 0.581. The van der Waals surface area contributed by atoms with Crippen molar-refractivity contribution >= 4 is 0 Å². The predicted molar refractivity (Wildman–Crippen MR) is 114 cm³/mol. The summed E-state index contributed by atoms with van der Waals surface area (Å²) in [5.41, 5.74) is 1.13. The van der Waals surface area contributed by atoms with Gasteiger partial charge in [-0.3, -0.25) is 0 Å². The Bertz CT molecular complexity index is 797. The number of ether oxygens (including phenoxy) is 1. The molecule has 1 heterocycles. The van der Waals surface area contributed by atoms with E-state index in [1.54, 1.807) is 6.07 Å². The lowest BCUT2D eigenvalue weighted by Gasteiger charge is -2.33. The molecule has 0 bridgehead atoms. The molecule has 30 heavy (non-hydrogen) atoms. The smallest absolute Gasteiger partial charge is 0.416 e. The third-order valence-electron chi connectivity index (χ3n) is 5.71. The molecule has 1 aliphatic heterocycles. The Morgan fingerprint density at radius 2 is 1.60 bits per heavy atom. The van der Waals surface area contributed by atoms with E-state index in [4.69, 9.17) is 4.74 Å². The lowest BCUT2D eigenvalue weighted by atomic mass is 10.0. The summed E-state index contributed by atoms with van der Waals surface area (Å²) in [4.78, 5) is 4.64. The Hall–Kier alpha value is -2.05. The van der Waals surface area contributed by atoms with Crippen LogP contribution in [-0.2, 0) is 6.18 Å². The summed E-state index contributed by atoms with van der Waals surface area (Å²) >= 11 is 0. The highest BCUT2D eigenvalue weighted by atomic mass is 19.4. The zero-order chi connectivity index (χ0) is 21.7. The number of halogens is 3. The van der Waals surface area contributed by atoms with Crippen molar-refractivity contribution in [2.75, 3.05) is 39.8 Å². The minimum absolute atomic E-state index is 0.413. The highest BCUT2D eigenvalue weighted by Gasteiger charge is 2.31. The Kier molecular flexibility index (Phi) is 7.42. The summed E-state index contributed by atoms with van der Waals surface area (Å²) in [6.45, 7) is 8.98. The van der Waals surface area contributed by atoms with Crippen molar-refractivity contribution in [1.29, 1.82) is 0 Å². The molecule has 164 valence electrons. The minimum atomic E-state index is -4.36. The van der Waals surface area contributed by atoms with Gasteiger partial charge in [0.1, 0.15) is 11.9 Å². The zero-order valence-corrected chi connectivity index (χ0v) is 18.0. The van der Waals surface area contributed by atoms with Crippen LogP contribution in [0.4, 0.5) is 13.2 Å². The average Bonchev–Trinajstić information content (AvgIpc) is 2.72. The molecule has 3 rings (SSSR count). The van der Waals surface area contributed by atoms with Gasteiger partial charge >= 0.3 is 6.18 Å². The first-order valence-corrected chi connectivity index (χ1v) is 10.6. The fraction of sp³-hybridized carbons (Fsp3) is 0.500. The van der Waals surface area contributed by atoms with E-state index in [2.05, 4.69) is 30.7 Å². The molecule has 0 radical (unpaired) electrons. The minimum Gasteiger partial charge on any atom is -0.486 e. The summed E-state index contributed by atoms with van der Waals surface area (Å²) in [7, 11) is 2.10. The van der Waals surface area contributed by atoms with Crippen LogP contribution in [0.15, 0.2) is 48.5 Å². The Labute approximate surface area is 177 Å². The largest absolute Gasteiger partial charge is 0.486 e. The monoisotopic (exact) mass is 420 g/mol. The maximum Gasteiger partial charge on any atom is 0.416 e. The van der Waals surface area contributed by atoms with E-state index in [-0.39, 0.29) is 0 Å². The summed E-state index contributed by atoms with van der Waals surface area (Å²) < 4.78 is 45.9. The maximum atomic E-state index is 13.2. The van der Waals surface area contributed by atoms with Crippen LogP contribution < -0.4 is 4.74 Å². The van der Waals surface area contributed by atoms with Gasteiger partial charge in [-0.05, 0) is 48.4 Å². The van der Waals surface area contributed by atoms with Crippen LogP contribution in [0.3, 0.4) is 0 Å². The third kappa shape index (κ3) is 6.22. The first-order valence-electron chi connectivity index (χ1n) is 10.6. The first kappa shape index (κ1) is 22.6. The average molecular weight is 421 g/mol. The third-order valence-corrected chi connectivity index (χ3v) is 5.71. The second-order valence-electron chi connectivity index (χ2n) is 8.39. The Morgan fingerprint density at radius 3 is 2.20 bits per heavy atom. The van der Waals surface area contributed by atoms with E-state index >= 15 is 0 Å². The van der Waals surface area contributed by atoms with Gasteiger partial charge in [0.15, 0.2) is 0 Å². The van der Waals surface area contributed by atoms with Crippen molar-refractivity contribution < 1.29 is 17.9 Å². The second-order valence-corrected chi connectivity index (χ2v) is 8.39. The van der Waals surface area contributed by atoms with Crippen LogP contribution in [0.1, 0.15) is 49.0 Å². The van der Waals surface area contributed by atoms with E-state index < -0.39 is 17.8 Å². The van der Waals surface area contributed by atoms with Crippen molar-refractivity contribution in [3.63, 3.8) is 0 Å². The highest BCUT2D eigenvalue weighted by molar-refractivity contribution is 5.31. The van der Waals surface area contributed by atoms with Crippen LogP contribution in [0.5, 0.6) is 5.75 Å². The molecule has 2 aromatic rings. The number of likely N-dealkylation sites (N-methyl/N-ethyl adjacent to an activating group) is 1. The van der Waals surface area contributed by atoms with Gasteiger partial charge in [0.25, 0.3) is 0 Å². The number of rotatable bonds is 7. The topological polar surface area (TPSA) is 15.7 Å². The van der Waals surface area contributed by atoms with E-state index in [1.807, 2.05) is 24.3 Å². The lowest BCUT2D eigenvalue weighted by Crippen LogP contribution is -2.45. The maximum absolute atomic E-state index is 13.2. The number of hydrogen-bond donors (Lipinski definition) is 0. The molecular formula is C24H31F3N2O. The van der Waals surface area contributed by atoms with Crippen molar-refractivity contribution in [2.45, 2.75) is 38.5 Å². The molecule has 2 aromatic carbocycles. The number of piperazine rings is 1. The SMILES string of the molecule is CC(C)c1ccc(OC(CCN2CCN(C)CC2)c2cccc(C(F)(F)F)c2)cc1. The highest BCUT2D eigenvalue weighted by Crippen LogP contribution is 2.33. The number of hydrogen-bond acceptors (Lipinski definition) is 3. The summed E-state index contributed by atoms with van der Waals surface area (Å²) in [5, 5.41) is 0. The van der Waals surface area contributed by atoms with E-state index in [1.165, 1.54) is 17.7 Å². The lowest BCUT2D eigenvalue weighted by molar-refractivity contribution is -0.137. The Balaban J connectivity index is 1.77. The van der Waals surface area contributed by atoms with Crippen molar-refractivity contribution in [3.8, 4) is 5.75 Å². The summed E-state index contributed by atoms with van der Waals surface area (Å²) in [6, 6.07) is 13.4. The summed E-state index contributed by atoms with van der Waals surface area (Å²) in [6.07, 6.45) is -4.16. The fourth-order valence-corrected chi connectivity index (χ4v) is 3.68. The first-order chi connectivity index (χ1) is 14.2. The van der Waals surface area contributed by atoms with Crippen LogP contribution in [0, 0.1) is 0 Å². The summed E-state index contributed by atoms with van der Waals surface area (Å²) in [5.74, 6) is 1.09. The number of alkyl halides is 3. The molecule has 0 saturated carbocycles. The molecule has 1 aliphatic rings. The molecule has 1 fully saturated rings. The molecule has 0 aromatic heterocycles. The number of nitrogens with zero attached hydrogens (tertiary/aromatic N) is 2. The van der Waals surface area contributed by atoms with E-state index in [9.17, 15) is 13.2 Å². The number of benzene rings is 2. The van der Waals surface area contributed by atoms with E-state index in [0.717, 1.165) is 38.8 Å². The van der Waals surface area contributed by atoms with Gasteiger partial charge in [-0.1, -0.05) is 38.1 Å². The van der Waals surface area contributed by atoms with Gasteiger partial charge in [0, 0.05) is 39.1 Å². The van der Waals surface area contributed by atoms with Crippen molar-refractivity contribution in [1.82, 2.24) is 9.80 Å². The van der Waals surface area contributed by atoms with Gasteiger partial charge in [-0.15, -0.1) is 0 Å². The normalized spacial score (nSPS) is 17.3. The Morgan fingerprint density at radius 1 is 0.933 bits per heavy atom. The van der Waals surface area contributed by atoms with Crippen LogP contribution in [-0.4, -0.2) is 49.6 Å². The molecular weight excluding hydrogens is 389 g/mol. The standard InChI is InChI=1S/C24H31F3N2O/c1-18(2)19-7-9-22(10-8-19)30-23(11-12-29-15-13-28(3)14-16-29)20-5-4-6-21(17-20)24(25,26)27/h4-10,17-18,23H,11-16H2,1-3H3. The molecule has 1 saturated heterocycles. The van der Waals surface area contributed by atoms with Gasteiger partial charge in [0.2, 0.25) is 0 Å². The predicted octanol–water partition coefficient (Wildman–Crippen LogP) is 5.59. The molecule has 1 atom stereocenters. The van der Waals surface area contributed by atoms with Gasteiger partial charge < -0.3 is 14.5 Å². The second kappa shape index (κ2) is 9.84. The van der Waals surface area contributed by atoms with Crippen molar-refractivity contribution in [2.24, 2.45) is 0 Å².